The van der Waals surface area contributed by atoms with Crippen molar-refractivity contribution in [2.75, 3.05) is 19.1 Å². The summed E-state index contributed by atoms with van der Waals surface area (Å²) in [5.74, 6) is 0.890. The van der Waals surface area contributed by atoms with Crippen LogP contribution < -0.4 is 4.90 Å². The van der Waals surface area contributed by atoms with Crippen molar-refractivity contribution in [1.29, 1.82) is 0 Å². The number of anilines is 1. The third-order valence-corrected chi connectivity index (χ3v) is 4.97. The molecule has 0 radical (unpaired) electrons. The Bertz CT molecular complexity index is 588. The minimum absolute atomic E-state index is 0.0166. The van der Waals surface area contributed by atoms with E-state index in [9.17, 15) is 0 Å². The summed E-state index contributed by atoms with van der Waals surface area (Å²) >= 11 is 3.07. The summed E-state index contributed by atoms with van der Waals surface area (Å²) in [5.41, 5.74) is 1.02. The molecule has 2 aromatic heterocycles. The molecule has 2 aromatic rings. The summed E-state index contributed by atoms with van der Waals surface area (Å²) in [4.78, 5) is 11.3. The van der Waals surface area contributed by atoms with Gasteiger partial charge in [0.15, 0.2) is 0 Å². The highest BCUT2D eigenvalue weighted by atomic mass is 32.1. The summed E-state index contributed by atoms with van der Waals surface area (Å²) in [6.45, 7) is 9.10. The van der Waals surface area contributed by atoms with Crippen LogP contribution in [0.2, 0.25) is 0 Å². The lowest BCUT2D eigenvalue weighted by Crippen LogP contribution is -2.18. The second-order valence-corrected chi connectivity index (χ2v) is 7.68. The fourth-order valence-corrected chi connectivity index (χ4v) is 3.32. The minimum Gasteiger partial charge on any atom is -0.375 e. The summed E-state index contributed by atoms with van der Waals surface area (Å²) in [6, 6.07) is 0. The van der Waals surface area contributed by atoms with Crippen LogP contribution in [-0.4, -0.2) is 28.5 Å². The van der Waals surface area contributed by atoms with Gasteiger partial charge in [0.05, 0.1) is 12.2 Å². The molecule has 21 heavy (non-hydrogen) atoms. The Hall–Kier alpha value is -1.05. The second kappa shape index (κ2) is 6.37. The smallest absolute Gasteiger partial charge is 0.205 e. The summed E-state index contributed by atoms with van der Waals surface area (Å²) in [6.07, 6.45) is 0.0445. The van der Waals surface area contributed by atoms with Crippen molar-refractivity contribution < 1.29 is 4.74 Å². The molecule has 0 amide bonds. The van der Waals surface area contributed by atoms with Gasteiger partial charge >= 0.3 is 0 Å². The maximum Gasteiger partial charge on any atom is 0.205 e. The Morgan fingerprint density at radius 1 is 1.33 bits per heavy atom. The van der Waals surface area contributed by atoms with Crippen molar-refractivity contribution in [3.05, 3.63) is 21.9 Å². The first-order valence-corrected chi connectivity index (χ1v) is 8.49. The molecule has 116 valence electrons. The zero-order valence-corrected chi connectivity index (χ0v) is 15.0. The van der Waals surface area contributed by atoms with Crippen molar-refractivity contribution in [2.45, 2.75) is 45.8 Å². The number of ether oxygens (including phenoxy) is 1. The van der Waals surface area contributed by atoms with Gasteiger partial charge in [0.2, 0.25) is 5.13 Å². The highest BCUT2D eigenvalue weighted by Crippen LogP contribution is 2.26. The van der Waals surface area contributed by atoms with Gasteiger partial charge in [-0.1, -0.05) is 20.8 Å². The number of aromatic nitrogens is 3. The predicted octanol–water partition coefficient (Wildman–Crippen LogP) is 3.64. The van der Waals surface area contributed by atoms with Crippen LogP contribution in [0.4, 0.5) is 5.13 Å². The van der Waals surface area contributed by atoms with Gasteiger partial charge in [0.25, 0.3) is 0 Å². The van der Waals surface area contributed by atoms with Crippen molar-refractivity contribution in [1.82, 2.24) is 14.3 Å². The van der Waals surface area contributed by atoms with Crippen molar-refractivity contribution in [2.24, 2.45) is 0 Å². The van der Waals surface area contributed by atoms with Crippen molar-refractivity contribution in [3.8, 4) is 0 Å². The normalized spacial score (nSPS) is 13.4. The zero-order chi connectivity index (χ0) is 15.6. The fraction of sp³-hybridized carbons (Fsp3) is 0.643. The van der Waals surface area contributed by atoms with Gasteiger partial charge in [-0.05, 0) is 6.92 Å². The fourth-order valence-electron chi connectivity index (χ4n) is 1.67. The molecule has 0 bridgehead atoms. The second-order valence-electron chi connectivity index (χ2n) is 6.06. The first-order chi connectivity index (χ1) is 9.81. The van der Waals surface area contributed by atoms with Crippen LogP contribution in [0, 0.1) is 0 Å². The summed E-state index contributed by atoms with van der Waals surface area (Å²) in [7, 11) is 3.72. The van der Waals surface area contributed by atoms with E-state index in [1.165, 1.54) is 11.5 Å². The van der Waals surface area contributed by atoms with Gasteiger partial charge in [0.1, 0.15) is 16.9 Å². The summed E-state index contributed by atoms with van der Waals surface area (Å²) < 4.78 is 9.74. The molecule has 1 unspecified atom stereocenters. The Balaban J connectivity index is 2.06. The molecule has 0 N–H and O–H groups in total. The molecule has 0 spiro atoms. The molecular weight excluding hydrogens is 304 g/mol. The maximum absolute atomic E-state index is 5.29. The van der Waals surface area contributed by atoms with Gasteiger partial charge in [-0.2, -0.15) is 4.37 Å². The number of nitrogens with zero attached hydrogens (tertiary/aromatic N) is 4. The van der Waals surface area contributed by atoms with Crippen molar-refractivity contribution >= 4 is 28.0 Å². The van der Waals surface area contributed by atoms with Gasteiger partial charge in [-0.25, -0.2) is 9.97 Å². The van der Waals surface area contributed by atoms with E-state index in [-0.39, 0.29) is 11.5 Å². The lowest BCUT2D eigenvalue weighted by atomic mass is 9.96. The summed E-state index contributed by atoms with van der Waals surface area (Å²) in [5, 5.41) is 4.01. The van der Waals surface area contributed by atoms with Gasteiger partial charge in [0, 0.05) is 36.5 Å². The van der Waals surface area contributed by atoms with E-state index in [1.807, 2.05) is 14.0 Å². The van der Waals surface area contributed by atoms with E-state index in [1.54, 1.807) is 18.4 Å². The van der Waals surface area contributed by atoms with Gasteiger partial charge in [-0.3, -0.25) is 0 Å². The Kier molecular flexibility index (Phi) is 4.95. The third-order valence-electron chi connectivity index (χ3n) is 3.08. The quantitative estimate of drug-likeness (QED) is 0.839. The topological polar surface area (TPSA) is 51.1 Å². The van der Waals surface area contributed by atoms with Crippen molar-refractivity contribution in [3.63, 3.8) is 0 Å². The Morgan fingerprint density at radius 2 is 2.05 bits per heavy atom. The molecule has 0 saturated heterocycles. The van der Waals surface area contributed by atoms with Gasteiger partial charge in [-0.15, -0.1) is 11.3 Å². The number of thiazole rings is 1. The highest BCUT2D eigenvalue weighted by Gasteiger charge is 2.21. The molecule has 7 heteroatoms. The van der Waals surface area contributed by atoms with Crippen LogP contribution >= 0.6 is 22.9 Å². The molecule has 0 aliphatic rings. The maximum atomic E-state index is 5.29. The molecular formula is C14H22N4OS2. The molecule has 1 atom stereocenters. The average Bonchev–Trinajstić information content (AvgIpc) is 3.05. The first kappa shape index (κ1) is 16.3. The first-order valence-electron chi connectivity index (χ1n) is 6.83. The Labute approximate surface area is 134 Å². The van der Waals surface area contributed by atoms with Gasteiger partial charge < -0.3 is 9.64 Å². The van der Waals surface area contributed by atoms with E-state index in [2.05, 4.69) is 45.4 Å². The third kappa shape index (κ3) is 3.99. The molecule has 0 saturated carbocycles. The minimum atomic E-state index is -0.0166. The van der Waals surface area contributed by atoms with E-state index >= 15 is 0 Å². The van der Waals surface area contributed by atoms with E-state index in [0.717, 1.165) is 28.2 Å². The molecule has 2 rings (SSSR count). The van der Waals surface area contributed by atoms with Crippen LogP contribution in [0.3, 0.4) is 0 Å². The monoisotopic (exact) mass is 326 g/mol. The lowest BCUT2D eigenvalue weighted by Gasteiger charge is -2.15. The van der Waals surface area contributed by atoms with E-state index in [4.69, 9.17) is 4.74 Å². The number of hydrogen-bond donors (Lipinski definition) is 0. The number of methoxy groups -OCH3 is 1. The SMILES string of the molecule is COC(C)c1nc(CN(C)c2nc(C(C)(C)C)ns2)cs1. The number of hydrogen-bond acceptors (Lipinski definition) is 7. The van der Waals surface area contributed by atoms with E-state index in [0.29, 0.717) is 0 Å². The largest absolute Gasteiger partial charge is 0.375 e. The molecule has 0 aliphatic heterocycles. The molecule has 5 nitrogen and oxygen atoms in total. The molecule has 2 heterocycles. The standard InChI is InChI=1S/C14H22N4OS2/c1-9(19-6)11-15-10(8-20-11)7-18(5)13-16-12(17-21-13)14(2,3)4/h8-9H,7H2,1-6H3. The van der Waals surface area contributed by atoms with Crippen LogP contribution in [0.25, 0.3) is 0 Å². The highest BCUT2D eigenvalue weighted by molar-refractivity contribution is 7.10. The molecule has 0 aliphatic carbocycles. The molecule has 0 fully saturated rings. The number of rotatable bonds is 5. The lowest BCUT2D eigenvalue weighted by molar-refractivity contribution is 0.119. The van der Waals surface area contributed by atoms with Crippen LogP contribution in [0.15, 0.2) is 5.38 Å². The average molecular weight is 326 g/mol. The Morgan fingerprint density at radius 3 is 2.62 bits per heavy atom. The van der Waals surface area contributed by atoms with E-state index < -0.39 is 0 Å². The van der Waals surface area contributed by atoms with Crippen LogP contribution in [0.5, 0.6) is 0 Å². The molecule has 0 aromatic carbocycles. The zero-order valence-electron chi connectivity index (χ0n) is 13.4. The van der Waals surface area contributed by atoms with Crippen LogP contribution in [0.1, 0.15) is 50.3 Å². The predicted molar refractivity (Wildman–Crippen MR) is 88.3 cm³/mol. The van der Waals surface area contributed by atoms with Crippen LogP contribution in [-0.2, 0) is 16.7 Å².